The summed E-state index contributed by atoms with van der Waals surface area (Å²) in [5.74, 6) is 0. The lowest BCUT2D eigenvalue weighted by molar-refractivity contribution is 0.0257. The zero-order chi connectivity index (χ0) is 14.6. The van der Waals surface area contributed by atoms with Crippen molar-refractivity contribution in [2.45, 2.75) is 30.8 Å². The zero-order valence-corrected chi connectivity index (χ0v) is 13.4. The van der Waals surface area contributed by atoms with Gasteiger partial charge < -0.3 is 15.1 Å². The Morgan fingerprint density at radius 3 is 2.25 bits per heavy atom. The van der Waals surface area contributed by atoms with Gasteiger partial charge in [-0.05, 0) is 53.0 Å². The molecule has 1 fully saturated rings. The monoisotopic (exact) mass is 275 g/mol. The summed E-state index contributed by atoms with van der Waals surface area (Å²) in [6.45, 7) is 2.21. The van der Waals surface area contributed by atoms with Crippen molar-refractivity contribution in [1.82, 2.24) is 15.1 Å². The molecule has 1 aliphatic carbocycles. The summed E-state index contributed by atoms with van der Waals surface area (Å²) < 4.78 is 0. The molecule has 1 unspecified atom stereocenters. The Morgan fingerprint density at radius 2 is 1.80 bits per heavy atom. The molecule has 0 saturated heterocycles. The quantitative estimate of drug-likeness (QED) is 0.824. The molecule has 0 amide bonds. The van der Waals surface area contributed by atoms with Gasteiger partial charge in [0.15, 0.2) is 0 Å². The number of rotatable bonds is 7. The second kappa shape index (κ2) is 6.70. The van der Waals surface area contributed by atoms with Crippen molar-refractivity contribution in [2.24, 2.45) is 0 Å². The van der Waals surface area contributed by atoms with E-state index in [1.807, 2.05) is 0 Å². The van der Waals surface area contributed by atoms with E-state index in [1.54, 1.807) is 0 Å². The predicted octanol–water partition coefficient (Wildman–Crippen LogP) is 2.36. The van der Waals surface area contributed by atoms with Gasteiger partial charge in [-0.15, -0.1) is 0 Å². The van der Waals surface area contributed by atoms with Gasteiger partial charge >= 0.3 is 0 Å². The van der Waals surface area contributed by atoms with E-state index in [1.165, 1.54) is 24.8 Å². The first-order chi connectivity index (χ1) is 9.57. The predicted molar refractivity (Wildman–Crippen MR) is 86.0 cm³/mol. The summed E-state index contributed by atoms with van der Waals surface area (Å²) in [5.41, 5.74) is 1.78. The van der Waals surface area contributed by atoms with Crippen LogP contribution in [0.4, 0.5) is 0 Å². The Kier molecular flexibility index (Phi) is 5.19. The molecule has 1 aliphatic rings. The van der Waals surface area contributed by atoms with Crippen LogP contribution >= 0.6 is 0 Å². The smallest absolute Gasteiger partial charge is 0.0446 e. The number of hydrogen-bond acceptors (Lipinski definition) is 3. The Bertz CT molecular complexity index is 398. The van der Waals surface area contributed by atoms with Gasteiger partial charge in [-0.25, -0.2) is 0 Å². The number of hydrogen-bond donors (Lipinski definition) is 1. The fourth-order valence-corrected chi connectivity index (χ4v) is 3.26. The average molecular weight is 275 g/mol. The summed E-state index contributed by atoms with van der Waals surface area (Å²) in [6.07, 6.45) is 4.04. The van der Waals surface area contributed by atoms with Gasteiger partial charge in [0.25, 0.3) is 0 Å². The molecule has 1 aromatic carbocycles. The van der Waals surface area contributed by atoms with Crippen LogP contribution in [0.1, 0.15) is 30.9 Å². The highest BCUT2D eigenvalue weighted by Gasteiger charge is 2.39. The molecular formula is C17H29N3. The van der Waals surface area contributed by atoms with Gasteiger partial charge in [0.2, 0.25) is 0 Å². The molecule has 0 spiro atoms. The van der Waals surface area contributed by atoms with Crippen molar-refractivity contribution >= 4 is 0 Å². The van der Waals surface area contributed by atoms with Gasteiger partial charge in [-0.1, -0.05) is 30.3 Å². The molecule has 0 aliphatic heterocycles. The summed E-state index contributed by atoms with van der Waals surface area (Å²) >= 11 is 0. The average Bonchev–Trinajstić information content (AvgIpc) is 2.40. The van der Waals surface area contributed by atoms with E-state index < -0.39 is 0 Å². The fraction of sp³-hybridized carbons (Fsp3) is 0.647. The van der Waals surface area contributed by atoms with E-state index in [-0.39, 0.29) is 0 Å². The van der Waals surface area contributed by atoms with E-state index in [0.29, 0.717) is 11.6 Å². The van der Waals surface area contributed by atoms with Gasteiger partial charge in [-0.3, -0.25) is 0 Å². The normalized spacial score (nSPS) is 19.1. The zero-order valence-electron chi connectivity index (χ0n) is 13.4. The Balaban J connectivity index is 1.94. The maximum absolute atomic E-state index is 3.45. The first-order valence-corrected chi connectivity index (χ1v) is 7.65. The Labute approximate surface area is 124 Å². The van der Waals surface area contributed by atoms with Crippen LogP contribution in [0.15, 0.2) is 30.3 Å². The van der Waals surface area contributed by atoms with Crippen LogP contribution in [-0.4, -0.2) is 56.6 Å². The van der Waals surface area contributed by atoms with Crippen molar-refractivity contribution in [3.8, 4) is 0 Å². The highest BCUT2D eigenvalue weighted by atomic mass is 15.2. The number of benzene rings is 1. The molecule has 3 heteroatoms. The maximum Gasteiger partial charge on any atom is 0.0446 e. The topological polar surface area (TPSA) is 18.5 Å². The van der Waals surface area contributed by atoms with Gasteiger partial charge in [-0.2, -0.15) is 0 Å². The van der Waals surface area contributed by atoms with Crippen LogP contribution < -0.4 is 5.32 Å². The van der Waals surface area contributed by atoms with Crippen molar-refractivity contribution in [3.63, 3.8) is 0 Å². The largest absolute Gasteiger partial charge is 0.312 e. The standard InChI is InChI=1S/C17H29N3/c1-18-16(15-9-6-5-7-10-15)13-20(4)14-17(19(2)3)11-8-12-17/h5-7,9-10,16,18H,8,11-14H2,1-4H3. The molecule has 0 aromatic heterocycles. The van der Waals surface area contributed by atoms with Crippen LogP contribution in [0.25, 0.3) is 0 Å². The minimum atomic E-state index is 0.403. The SMILES string of the molecule is CNC(CN(C)CC1(N(C)C)CCC1)c1ccccc1. The Hall–Kier alpha value is -0.900. The molecular weight excluding hydrogens is 246 g/mol. The van der Waals surface area contributed by atoms with E-state index in [4.69, 9.17) is 0 Å². The van der Waals surface area contributed by atoms with Gasteiger partial charge in [0.1, 0.15) is 0 Å². The van der Waals surface area contributed by atoms with Crippen molar-refractivity contribution in [2.75, 3.05) is 41.3 Å². The number of nitrogens with one attached hydrogen (secondary N) is 1. The van der Waals surface area contributed by atoms with E-state index >= 15 is 0 Å². The molecule has 0 bridgehead atoms. The second-order valence-electron chi connectivity index (χ2n) is 6.42. The van der Waals surface area contributed by atoms with Crippen molar-refractivity contribution in [3.05, 3.63) is 35.9 Å². The number of likely N-dealkylation sites (N-methyl/N-ethyl adjacent to an activating group) is 3. The fourth-order valence-electron chi connectivity index (χ4n) is 3.26. The minimum absolute atomic E-state index is 0.403. The van der Waals surface area contributed by atoms with Crippen molar-refractivity contribution in [1.29, 1.82) is 0 Å². The molecule has 1 saturated carbocycles. The molecule has 1 aromatic rings. The maximum atomic E-state index is 3.45. The van der Waals surface area contributed by atoms with Crippen molar-refractivity contribution < 1.29 is 0 Å². The minimum Gasteiger partial charge on any atom is -0.312 e. The number of nitrogens with zero attached hydrogens (tertiary/aromatic N) is 2. The summed E-state index contributed by atoms with van der Waals surface area (Å²) in [5, 5.41) is 3.45. The lowest BCUT2D eigenvalue weighted by Gasteiger charge is -2.49. The molecule has 3 nitrogen and oxygen atoms in total. The third-order valence-corrected chi connectivity index (χ3v) is 4.84. The first-order valence-electron chi connectivity index (χ1n) is 7.65. The van der Waals surface area contributed by atoms with Crippen LogP contribution in [-0.2, 0) is 0 Å². The van der Waals surface area contributed by atoms with Gasteiger partial charge in [0.05, 0.1) is 0 Å². The lowest BCUT2D eigenvalue weighted by Crippen LogP contribution is -2.57. The van der Waals surface area contributed by atoms with E-state index in [9.17, 15) is 0 Å². The third-order valence-electron chi connectivity index (χ3n) is 4.84. The van der Waals surface area contributed by atoms with Crippen LogP contribution in [0, 0.1) is 0 Å². The second-order valence-corrected chi connectivity index (χ2v) is 6.42. The highest BCUT2D eigenvalue weighted by molar-refractivity contribution is 5.19. The van der Waals surface area contributed by atoms with Crippen LogP contribution in [0.3, 0.4) is 0 Å². The molecule has 0 radical (unpaired) electrons. The molecule has 2 rings (SSSR count). The van der Waals surface area contributed by atoms with Gasteiger partial charge in [0, 0.05) is 24.7 Å². The summed E-state index contributed by atoms with van der Waals surface area (Å²) in [7, 11) is 8.74. The molecule has 20 heavy (non-hydrogen) atoms. The lowest BCUT2D eigenvalue weighted by atomic mass is 9.75. The molecule has 0 heterocycles. The van der Waals surface area contributed by atoms with E-state index in [2.05, 4.69) is 73.6 Å². The van der Waals surface area contributed by atoms with E-state index in [0.717, 1.165) is 13.1 Å². The highest BCUT2D eigenvalue weighted by Crippen LogP contribution is 2.36. The summed E-state index contributed by atoms with van der Waals surface area (Å²) in [6, 6.07) is 11.1. The molecule has 1 atom stereocenters. The molecule has 112 valence electrons. The molecule has 1 N–H and O–H groups in total. The Morgan fingerprint density at radius 1 is 1.15 bits per heavy atom. The first kappa shape index (κ1) is 15.5. The van der Waals surface area contributed by atoms with Crippen LogP contribution in [0.2, 0.25) is 0 Å². The van der Waals surface area contributed by atoms with Crippen LogP contribution in [0.5, 0.6) is 0 Å². The third kappa shape index (κ3) is 3.40. The summed E-state index contributed by atoms with van der Waals surface area (Å²) in [4.78, 5) is 4.90.